The standard InChI is InChI=1S/C10H7NO4/c11-10-9(13)5-1-4-2-8(12)14-6(4)3-7(5)15-10/h1-3,12-13H,11H2. The number of nitrogens with two attached hydrogens (primary N) is 1. The van der Waals surface area contributed by atoms with Crippen molar-refractivity contribution >= 4 is 27.8 Å². The highest BCUT2D eigenvalue weighted by atomic mass is 16.5. The molecule has 5 nitrogen and oxygen atoms in total. The Bertz CT molecular complexity index is 665. The van der Waals surface area contributed by atoms with Gasteiger partial charge in [-0.2, -0.15) is 0 Å². The minimum atomic E-state index is -0.176. The van der Waals surface area contributed by atoms with E-state index in [0.717, 1.165) is 0 Å². The molecule has 0 atom stereocenters. The molecule has 15 heavy (non-hydrogen) atoms. The summed E-state index contributed by atoms with van der Waals surface area (Å²) in [5.41, 5.74) is 6.32. The van der Waals surface area contributed by atoms with E-state index in [4.69, 9.17) is 19.7 Å². The van der Waals surface area contributed by atoms with Crippen LogP contribution in [-0.4, -0.2) is 10.2 Å². The number of hydrogen-bond acceptors (Lipinski definition) is 5. The zero-order chi connectivity index (χ0) is 10.6. The number of benzene rings is 1. The molecule has 2 aromatic heterocycles. The summed E-state index contributed by atoms with van der Waals surface area (Å²) in [5.74, 6) is -0.292. The smallest absolute Gasteiger partial charge is 0.282 e. The summed E-state index contributed by atoms with van der Waals surface area (Å²) in [6, 6.07) is 4.67. The summed E-state index contributed by atoms with van der Waals surface area (Å²) >= 11 is 0. The van der Waals surface area contributed by atoms with Crippen molar-refractivity contribution < 1.29 is 19.0 Å². The molecule has 0 aliphatic heterocycles. The third-order valence-corrected chi connectivity index (χ3v) is 2.31. The van der Waals surface area contributed by atoms with Crippen LogP contribution in [0.5, 0.6) is 11.7 Å². The molecule has 3 aromatic rings. The second kappa shape index (κ2) is 2.38. The highest BCUT2D eigenvalue weighted by molar-refractivity contribution is 5.99. The van der Waals surface area contributed by atoms with E-state index in [1.807, 2.05) is 0 Å². The van der Waals surface area contributed by atoms with E-state index < -0.39 is 0 Å². The third-order valence-electron chi connectivity index (χ3n) is 2.31. The Morgan fingerprint density at radius 3 is 2.60 bits per heavy atom. The minimum absolute atomic E-state index is 0.0260. The number of anilines is 1. The average molecular weight is 205 g/mol. The van der Waals surface area contributed by atoms with E-state index in [9.17, 15) is 5.11 Å². The topological polar surface area (TPSA) is 92.8 Å². The molecule has 1 aromatic carbocycles. The lowest BCUT2D eigenvalue weighted by molar-refractivity contribution is 0.346. The van der Waals surface area contributed by atoms with Gasteiger partial charge in [-0.1, -0.05) is 0 Å². The van der Waals surface area contributed by atoms with E-state index in [-0.39, 0.29) is 17.6 Å². The zero-order valence-corrected chi connectivity index (χ0v) is 7.52. The van der Waals surface area contributed by atoms with Gasteiger partial charge < -0.3 is 24.8 Å². The van der Waals surface area contributed by atoms with E-state index in [1.165, 1.54) is 6.07 Å². The molecule has 76 valence electrons. The van der Waals surface area contributed by atoms with Crippen molar-refractivity contribution in [2.45, 2.75) is 0 Å². The molecule has 4 N–H and O–H groups in total. The van der Waals surface area contributed by atoms with E-state index in [1.54, 1.807) is 12.1 Å². The van der Waals surface area contributed by atoms with Crippen molar-refractivity contribution in [2.24, 2.45) is 0 Å². The molecular formula is C10H7NO4. The van der Waals surface area contributed by atoms with Crippen molar-refractivity contribution in [3.05, 3.63) is 18.2 Å². The van der Waals surface area contributed by atoms with Gasteiger partial charge in [0.25, 0.3) is 5.95 Å². The molecule has 0 bridgehead atoms. The van der Waals surface area contributed by atoms with Gasteiger partial charge >= 0.3 is 0 Å². The Labute approximate surface area is 83.3 Å². The van der Waals surface area contributed by atoms with Crippen LogP contribution in [0.4, 0.5) is 5.88 Å². The van der Waals surface area contributed by atoms with Crippen LogP contribution in [0.2, 0.25) is 0 Å². The molecule has 0 amide bonds. The molecular weight excluding hydrogens is 198 g/mol. The van der Waals surface area contributed by atoms with Gasteiger partial charge in [0.05, 0.1) is 5.39 Å². The number of hydrogen-bond donors (Lipinski definition) is 3. The first-order valence-electron chi connectivity index (χ1n) is 4.28. The van der Waals surface area contributed by atoms with E-state index in [2.05, 4.69) is 0 Å². The zero-order valence-electron chi connectivity index (χ0n) is 7.52. The van der Waals surface area contributed by atoms with Gasteiger partial charge in [-0.3, -0.25) is 0 Å². The van der Waals surface area contributed by atoms with Gasteiger partial charge in [-0.25, -0.2) is 0 Å². The van der Waals surface area contributed by atoms with Crippen LogP contribution < -0.4 is 5.73 Å². The normalized spacial score (nSPS) is 11.5. The van der Waals surface area contributed by atoms with Crippen LogP contribution in [0.25, 0.3) is 21.9 Å². The number of fused-ring (bicyclic) bond motifs is 2. The molecule has 0 saturated heterocycles. The minimum Gasteiger partial charge on any atom is -0.503 e. The lowest BCUT2D eigenvalue weighted by Crippen LogP contribution is -1.77. The Kier molecular flexibility index (Phi) is 1.28. The maximum absolute atomic E-state index is 9.55. The lowest BCUT2D eigenvalue weighted by Gasteiger charge is -1.88. The molecule has 0 saturated carbocycles. The van der Waals surface area contributed by atoms with Crippen molar-refractivity contribution in [1.29, 1.82) is 0 Å². The molecule has 0 unspecified atom stereocenters. The SMILES string of the molecule is Nc1oc2cc3oc(O)cc3cc2c1O. The summed E-state index contributed by atoms with van der Waals surface area (Å²) in [5, 5.41) is 19.9. The highest BCUT2D eigenvalue weighted by Crippen LogP contribution is 2.37. The first-order valence-corrected chi connectivity index (χ1v) is 4.28. The molecule has 0 radical (unpaired) electrons. The first-order chi connectivity index (χ1) is 7.15. The van der Waals surface area contributed by atoms with Gasteiger partial charge in [0.15, 0.2) is 5.75 Å². The third kappa shape index (κ3) is 0.969. The largest absolute Gasteiger partial charge is 0.503 e. The van der Waals surface area contributed by atoms with E-state index in [0.29, 0.717) is 21.9 Å². The van der Waals surface area contributed by atoms with Gasteiger partial charge in [0, 0.05) is 17.5 Å². The number of nitrogen functional groups attached to an aromatic ring is 1. The second-order valence-electron chi connectivity index (χ2n) is 3.29. The number of furan rings is 2. The quantitative estimate of drug-likeness (QED) is 0.523. The van der Waals surface area contributed by atoms with Crippen molar-refractivity contribution in [3.8, 4) is 11.7 Å². The van der Waals surface area contributed by atoms with Gasteiger partial charge in [-0.05, 0) is 6.07 Å². The highest BCUT2D eigenvalue weighted by Gasteiger charge is 2.13. The van der Waals surface area contributed by atoms with Gasteiger partial charge in [0.1, 0.15) is 11.2 Å². The first kappa shape index (κ1) is 8.05. The fraction of sp³-hybridized carbons (Fsp3) is 0. The maximum Gasteiger partial charge on any atom is 0.282 e. The average Bonchev–Trinajstić information content (AvgIpc) is 2.65. The fourth-order valence-corrected chi connectivity index (χ4v) is 1.62. The molecule has 0 aliphatic rings. The number of aromatic hydroxyl groups is 2. The summed E-state index contributed by atoms with van der Waals surface area (Å²) in [7, 11) is 0. The predicted octanol–water partition coefficient (Wildman–Crippen LogP) is 2.17. The fourth-order valence-electron chi connectivity index (χ4n) is 1.62. The summed E-state index contributed by atoms with van der Waals surface area (Å²) in [6.07, 6.45) is 0. The Morgan fingerprint density at radius 1 is 1.00 bits per heavy atom. The molecule has 0 spiro atoms. The predicted molar refractivity (Wildman–Crippen MR) is 53.7 cm³/mol. The second-order valence-corrected chi connectivity index (χ2v) is 3.29. The Balaban J connectivity index is 2.51. The van der Waals surface area contributed by atoms with Crippen LogP contribution in [0.1, 0.15) is 0 Å². The van der Waals surface area contributed by atoms with E-state index >= 15 is 0 Å². The molecule has 5 heteroatoms. The summed E-state index contributed by atoms with van der Waals surface area (Å²) in [4.78, 5) is 0. The molecule has 0 aliphatic carbocycles. The van der Waals surface area contributed by atoms with Crippen LogP contribution in [-0.2, 0) is 0 Å². The Hall–Kier alpha value is -2.30. The van der Waals surface area contributed by atoms with Gasteiger partial charge in [0.2, 0.25) is 5.88 Å². The summed E-state index contributed by atoms with van der Waals surface area (Å²) < 4.78 is 10.1. The van der Waals surface area contributed by atoms with Crippen LogP contribution in [0, 0.1) is 0 Å². The molecule has 0 fully saturated rings. The van der Waals surface area contributed by atoms with Crippen LogP contribution in [0.3, 0.4) is 0 Å². The molecule has 3 rings (SSSR count). The van der Waals surface area contributed by atoms with Crippen LogP contribution in [0.15, 0.2) is 27.0 Å². The van der Waals surface area contributed by atoms with Crippen molar-refractivity contribution in [2.75, 3.05) is 5.73 Å². The van der Waals surface area contributed by atoms with Gasteiger partial charge in [-0.15, -0.1) is 0 Å². The van der Waals surface area contributed by atoms with Crippen LogP contribution >= 0.6 is 0 Å². The maximum atomic E-state index is 9.55. The summed E-state index contributed by atoms with van der Waals surface area (Å²) in [6.45, 7) is 0. The van der Waals surface area contributed by atoms with Crippen molar-refractivity contribution in [3.63, 3.8) is 0 Å². The Morgan fingerprint density at radius 2 is 1.80 bits per heavy atom. The van der Waals surface area contributed by atoms with Crippen molar-refractivity contribution in [1.82, 2.24) is 0 Å². The monoisotopic (exact) mass is 205 g/mol. The molecule has 2 heterocycles. The lowest BCUT2D eigenvalue weighted by atomic mass is 10.2. The number of rotatable bonds is 0.